The maximum Gasteiger partial charge on any atom is 0.163 e. The smallest absolute Gasteiger partial charge is 0.163 e. The third kappa shape index (κ3) is 1.86. The normalized spacial score (nSPS) is 17.9. The number of benzene rings is 1. The Labute approximate surface area is 90.5 Å². The van der Waals surface area contributed by atoms with Gasteiger partial charge in [-0.05, 0) is 31.0 Å². The Hall–Kier alpha value is -0.740. The molecule has 0 amide bonds. The molecule has 1 fully saturated rings. The molecular formula is C10H11BrO3. The molecular weight excluding hydrogens is 248 g/mol. The average molecular weight is 259 g/mol. The van der Waals surface area contributed by atoms with Gasteiger partial charge in [-0.25, -0.2) is 0 Å². The van der Waals surface area contributed by atoms with Gasteiger partial charge < -0.3 is 14.9 Å². The summed E-state index contributed by atoms with van der Waals surface area (Å²) in [4.78, 5) is 0. The fourth-order valence-electron chi connectivity index (χ4n) is 1.23. The minimum absolute atomic E-state index is 0.00104. The van der Waals surface area contributed by atoms with Gasteiger partial charge in [-0.2, -0.15) is 0 Å². The Kier molecular flexibility index (Phi) is 2.41. The van der Waals surface area contributed by atoms with Crippen LogP contribution in [0.4, 0.5) is 0 Å². The predicted octanol–water partition coefficient (Wildman–Crippen LogP) is 2.06. The van der Waals surface area contributed by atoms with Crippen LogP contribution in [0.15, 0.2) is 22.7 Å². The van der Waals surface area contributed by atoms with E-state index in [0.29, 0.717) is 5.75 Å². The molecule has 0 heterocycles. The first-order chi connectivity index (χ1) is 6.65. The number of aliphatic hydroxyl groups excluding tert-OH is 1. The highest BCUT2D eigenvalue weighted by Gasteiger charge is 2.45. The minimum atomic E-state index is -0.446. The summed E-state index contributed by atoms with van der Waals surface area (Å²) in [5.41, 5.74) is -0.446. The largest absolute Gasteiger partial charge is 0.504 e. The molecule has 0 radical (unpaired) electrons. The zero-order valence-electron chi connectivity index (χ0n) is 7.53. The quantitative estimate of drug-likeness (QED) is 0.873. The van der Waals surface area contributed by atoms with Crippen LogP contribution in [0.5, 0.6) is 11.5 Å². The average Bonchev–Trinajstić information content (AvgIpc) is 2.92. The number of aliphatic hydroxyl groups is 1. The van der Waals surface area contributed by atoms with E-state index in [1.807, 2.05) is 0 Å². The van der Waals surface area contributed by atoms with Gasteiger partial charge in [0.25, 0.3) is 0 Å². The molecule has 2 rings (SSSR count). The lowest BCUT2D eigenvalue weighted by Crippen LogP contribution is -2.22. The van der Waals surface area contributed by atoms with Crippen LogP contribution in [0.2, 0.25) is 0 Å². The van der Waals surface area contributed by atoms with Crippen molar-refractivity contribution in [2.45, 2.75) is 18.4 Å². The Morgan fingerprint density at radius 2 is 2.14 bits per heavy atom. The Morgan fingerprint density at radius 3 is 2.71 bits per heavy atom. The molecule has 0 spiro atoms. The second-order valence-electron chi connectivity index (χ2n) is 3.56. The lowest BCUT2D eigenvalue weighted by Gasteiger charge is -2.16. The number of phenolic OH excluding ortho intramolecular Hbond substituents is 1. The summed E-state index contributed by atoms with van der Waals surface area (Å²) in [5.74, 6) is 0.527. The van der Waals surface area contributed by atoms with Crippen molar-refractivity contribution >= 4 is 15.9 Å². The third-order valence-corrected chi connectivity index (χ3v) is 2.84. The number of halogens is 1. The summed E-state index contributed by atoms with van der Waals surface area (Å²) >= 11 is 3.29. The summed E-state index contributed by atoms with van der Waals surface area (Å²) in [6, 6.07) is 5.00. The molecule has 14 heavy (non-hydrogen) atoms. The van der Waals surface area contributed by atoms with E-state index in [1.54, 1.807) is 18.2 Å². The molecule has 3 nitrogen and oxygen atoms in total. The van der Waals surface area contributed by atoms with Crippen LogP contribution in [0.1, 0.15) is 12.8 Å². The van der Waals surface area contributed by atoms with Gasteiger partial charge in [-0.3, -0.25) is 0 Å². The van der Waals surface area contributed by atoms with E-state index in [-0.39, 0.29) is 12.4 Å². The van der Waals surface area contributed by atoms with Crippen molar-refractivity contribution in [3.63, 3.8) is 0 Å². The highest BCUT2D eigenvalue weighted by Crippen LogP contribution is 2.42. The molecule has 1 aliphatic rings. The summed E-state index contributed by atoms with van der Waals surface area (Å²) in [6.07, 6.45) is 1.69. The number of hydrogen-bond donors (Lipinski definition) is 2. The Balaban J connectivity index is 2.20. The highest BCUT2D eigenvalue weighted by molar-refractivity contribution is 9.10. The van der Waals surface area contributed by atoms with Gasteiger partial charge in [0.1, 0.15) is 5.60 Å². The maximum atomic E-state index is 9.49. The molecule has 0 unspecified atom stereocenters. The van der Waals surface area contributed by atoms with Crippen molar-refractivity contribution in [1.29, 1.82) is 0 Å². The molecule has 0 atom stereocenters. The van der Waals surface area contributed by atoms with Crippen molar-refractivity contribution < 1.29 is 14.9 Å². The summed E-state index contributed by atoms with van der Waals surface area (Å²) in [5, 5.41) is 18.6. The standard InChI is InChI=1S/C10H11BrO3/c11-7-1-2-8(13)9(5-7)14-10(6-12)3-4-10/h1-2,5,12-13H,3-4,6H2. The van der Waals surface area contributed by atoms with Gasteiger partial charge in [0.15, 0.2) is 11.5 Å². The Bertz CT molecular complexity index is 347. The van der Waals surface area contributed by atoms with Gasteiger partial charge in [0, 0.05) is 4.47 Å². The van der Waals surface area contributed by atoms with E-state index in [4.69, 9.17) is 9.84 Å². The SMILES string of the molecule is OCC1(Oc2cc(Br)ccc2O)CC1. The zero-order valence-corrected chi connectivity index (χ0v) is 9.12. The molecule has 1 saturated carbocycles. The van der Waals surface area contributed by atoms with Gasteiger partial charge in [-0.1, -0.05) is 15.9 Å². The van der Waals surface area contributed by atoms with Crippen LogP contribution in [-0.2, 0) is 0 Å². The summed E-state index contributed by atoms with van der Waals surface area (Å²) in [7, 11) is 0. The fraction of sp³-hybridized carbons (Fsp3) is 0.400. The second kappa shape index (κ2) is 3.44. The number of aromatic hydroxyl groups is 1. The molecule has 0 saturated heterocycles. The minimum Gasteiger partial charge on any atom is -0.504 e. The maximum absolute atomic E-state index is 9.49. The molecule has 2 N–H and O–H groups in total. The van der Waals surface area contributed by atoms with Crippen LogP contribution >= 0.6 is 15.9 Å². The first kappa shape index (κ1) is 9.80. The van der Waals surface area contributed by atoms with E-state index >= 15 is 0 Å². The van der Waals surface area contributed by atoms with E-state index in [2.05, 4.69) is 15.9 Å². The topological polar surface area (TPSA) is 49.7 Å². The van der Waals surface area contributed by atoms with E-state index in [1.165, 1.54) is 0 Å². The number of rotatable bonds is 3. The van der Waals surface area contributed by atoms with Gasteiger partial charge in [0.2, 0.25) is 0 Å². The van der Waals surface area contributed by atoms with Gasteiger partial charge >= 0.3 is 0 Å². The molecule has 0 bridgehead atoms. The third-order valence-electron chi connectivity index (χ3n) is 2.34. The molecule has 1 aromatic rings. The van der Waals surface area contributed by atoms with Crippen LogP contribution in [0.3, 0.4) is 0 Å². The lowest BCUT2D eigenvalue weighted by molar-refractivity contribution is 0.0924. The summed E-state index contributed by atoms with van der Waals surface area (Å²) in [6.45, 7) is -0.00104. The van der Waals surface area contributed by atoms with Crippen molar-refractivity contribution in [3.05, 3.63) is 22.7 Å². The zero-order chi connectivity index (χ0) is 10.2. The van der Waals surface area contributed by atoms with Crippen LogP contribution in [0, 0.1) is 0 Å². The molecule has 1 aliphatic carbocycles. The monoisotopic (exact) mass is 258 g/mol. The number of hydrogen-bond acceptors (Lipinski definition) is 3. The number of phenols is 1. The molecule has 76 valence electrons. The fourth-order valence-corrected chi connectivity index (χ4v) is 1.57. The van der Waals surface area contributed by atoms with Crippen molar-refractivity contribution in [1.82, 2.24) is 0 Å². The van der Waals surface area contributed by atoms with Crippen molar-refractivity contribution in [2.75, 3.05) is 6.61 Å². The van der Waals surface area contributed by atoms with Crippen molar-refractivity contribution in [3.8, 4) is 11.5 Å². The molecule has 1 aromatic carbocycles. The second-order valence-corrected chi connectivity index (χ2v) is 4.47. The Morgan fingerprint density at radius 1 is 1.43 bits per heavy atom. The molecule has 4 heteroatoms. The van der Waals surface area contributed by atoms with Crippen LogP contribution in [-0.4, -0.2) is 22.4 Å². The number of ether oxygens (including phenoxy) is 1. The predicted molar refractivity (Wildman–Crippen MR) is 55.5 cm³/mol. The first-order valence-corrected chi connectivity index (χ1v) is 5.23. The molecule has 0 aromatic heterocycles. The van der Waals surface area contributed by atoms with Crippen LogP contribution in [0.25, 0.3) is 0 Å². The van der Waals surface area contributed by atoms with E-state index < -0.39 is 5.60 Å². The lowest BCUT2D eigenvalue weighted by atomic mass is 10.3. The van der Waals surface area contributed by atoms with Crippen LogP contribution < -0.4 is 4.74 Å². The van der Waals surface area contributed by atoms with Gasteiger partial charge in [0.05, 0.1) is 6.61 Å². The van der Waals surface area contributed by atoms with Crippen molar-refractivity contribution in [2.24, 2.45) is 0 Å². The highest BCUT2D eigenvalue weighted by atomic mass is 79.9. The first-order valence-electron chi connectivity index (χ1n) is 4.44. The van der Waals surface area contributed by atoms with E-state index in [0.717, 1.165) is 17.3 Å². The van der Waals surface area contributed by atoms with E-state index in [9.17, 15) is 5.11 Å². The van der Waals surface area contributed by atoms with Gasteiger partial charge in [-0.15, -0.1) is 0 Å². The molecule has 0 aliphatic heterocycles. The summed E-state index contributed by atoms with van der Waals surface area (Å²) < 4.78 is 6.39.